The Balaban J connectivity index is 2.48. The van der Waals surface area contributed by atoms with Gasteiger partial charge in [-0.3, -0.25) is 9.59 Å². The van der Waals surface area contributed by atoms with Crippen molar-refractivity contribution in [1.29, 1.82) is 5.26 Å². The lowest BCUT2D eigenvalue weighted by Crippen LogP contribution is -2.47. The monoisotopic (exact) mass is 209 g/mol. The molecule has 0 aromatic heterocycles. The molecule has 82 valence electrons. The normalized spacial score (nSPS) is 22.0. The Morgan fingerprint density at radius 3 is 2.73 bits per heavy atom. The third-order valence-corrected chi connectivity index (χ3v) is 2.42. The quantitative estimate of drug-likeness (QED) is 0.682. The number of hydrogen-bond acceptors (Lipinski definition) is 3. The fraction of sp³-hybridized carbons (Fsp3) is 0.700. The van der Waals surface area contributed by atoms with Crippen molar-refractivity contribution < 1.29 is 9.59 Å². The van der Waals surface area contributed by atoms with Gasteiger partial charge in [0.1, 0.15) is 12.1 Å². The molecule has 0 aromatic rings. The summed E-state index contributed by atoms with van der Waals surface area (Å²) in [6, 6.07) is 1.07. The second kappa shape index (κ2) is 4.78. The van der Waals surface area contributed by atoms with Crippen LogP contribution in [0.1, 0.15) is 26.7 Å². The Labute approximate surface area is 88.8 Å². The predicted molar refractivity (Wildman–Crippen MR) is 53.5 cm³/mol. The fourth-order valence-corrected chi connectivity index (χ4v) is 1.41. The first-order chi connectivity index (χ1) is 7.04. The van der Waals surface area contributed by atoms with Gasteiger partial charge in [0.2, 0.25) is 11.8 Å². The molecule has 1 fully saturated rings. The van der Waals surface area contributed by atoms with Gasteiger partial charge in [-0.05, 0) is 12.3 Å². The van der Waals surface area contributed by atoms with Crippen LogP contribution in [0, 0.1) is 17.2 Å². The highest BCUT2D eigenvalue weighted by Crippen LogP contribution is 2.08. The largest absolute Gasteiger partial charge is 0.344 e. The van der Waals surface area contributed by atoms with Crippen molar-refractivity contribution in [2.24, 2.45) is 5.92 Å². The number of nitrogens with one attached hydrogen (secondary N) is 2. The minimum absolute atomic E-state index is 0.0658. The molecule has 2 N–H and O–H groups in total. The Morgan fingerprint density at radius 2 is 2.33 bits per heavy atom. The Kier molecular flexibility index (Phi) is 3.67. The average Bonchev–Trinajstić information content (AvgIpc) is 2.60. The molecule has 5 heteroatoms. The Hall–Kier alpha value is -1.57. The van der Waals surface area contributed by atoms with Gasteiger partial charge in [-0.15, -0.1) is 0 Å². The van der Waals surface area contributed by atoms with E-state index in [1.54, 1.807) is 0 Å². The van der Waals surface area contributed by atoms with E-state index in [0.29, 0.717) is 12.8 Å². The lowest BCUT2D eigenvalue weighted by atomic mass is 10.1. The van der Waals surface area contributed by atoms with E-state index in [-0.39, 0.29) is 17.7 Å². The molecule has 0 bridgehead atoms. The zero-order valence-electron chi connectivity index (χ0n) is 8.91. The Bertz CT molecular complexity index is 306. The van der Waals surface area contributed by atoms with Gasteiger partial charge in [-0.25, -0.2) is 0 Å². The first-order valence-electron chi connectivity index (χ1n) is 5.04. The summed E-state index contributed by atoms with van der Waals surface area (Å²) in [5.41, 5.74) is 0. The average molecular weight is 209 g/mol. The highest BCUT2D eigenvalue weighted by Gasteiger charge is 2.28. The molecule has 2 unspecified atom stereocenters. The molecule has 1 saturated heterocycles. The van der Waals surface area contributed by atoms with Crippen LogP contribution >= 0.6 is 0 Å². The second-order valence-electron chi connectivity index (χ2n) is 4.02. The molecule has 2 amide bonds. The summed E-state index contributed by atoms with van der Waals surface area (Å²) in [6.45, 7) is 3.72. The number of nitrogens with zero attached hydrogens (tertiary/aromatic N) is 1. The van der Waals surface area contributed by atoms with Gasteiger partial charge in [0, 0.05) is 6.42 Å². The lowest BCUT2D eigenvalue weighted by molar-refractivity contribution is -0.126. The molecule has 1 heterocycles. The van der Waals surface area contributed by atoms with Crippen molar-refractivity contribution in [3.05, 3.63) is 0 Å². The van der Waals surface area contributed by atoms with Gasteiger partial charge in [0.25, 0.3) is 0 Å². The van der Waals surface area contributed by atoms with Gasteiger partial charge in [0.15, 0.2) is 0 Å². The number of rotatable bonds is 3. The molecular formula is C10H15N3O2. The number of nitriles is 1. The van der Waals surface area contributed by atoms with Gasteiger partial charge >= 0.3 is 0 Å². The third kappa shape index (κ3) is 2.94. The molecule has 0 spiro atoms. The summed E-state index contributed by atoms with van der Waals surface area (Å²) in [5, 5.41) is 14.0. The van der Waals surface area contributed by atoms with E-state index in [4.69, 9.17) is 5.26 Å². The highest BCUT2D eigenvalue weighted by atomic mass is 16.2. The summed E-state index contributed by atoms with van der Waals surface area (Å²) < 4.78 is 0. The summed E-state index contributed by atoms with van der Waals surface area (Å²) in [7, 11) is 0. The summed E-state index contributed by atoms with van der Waals surface area (Å²) in [6.07, 6.45) is 0.901. The summed E-state index contributed by atoms with van der Waals surface area (Å²) in [5.74, 6) is -0.301. The van der Waals surface area contributed by atoms with Crippen molar-refractivity contribution in [2.75, 3.05) is 0 Å². The first-order valence-corrected chi connectivity index (χ1v) is 5.04. The zero-order valence-corrected chi connectivity index (χ0v) is 8.91. The van der Waals surface area contributed by atoms with Crippen LogP contribution in [0.4, 0.5) is 0 Å². The van der Waals surface area contributed by atoms with Crippen LogP contribution < -0.4 is 10.6 Å². The van der Waals surface area contributed by atoms with E-state index in [1.165, 1.54) is 0 Å². The molecule has 15 heavy (non-hydrogen) atoms. The molecule has 0 saturated carbocycles. The van der Waals surface area contributed by atoms with E-state index >= 15 is 0 Å². The summed E-state index contributed by atoms with van der Waals surface area (Å²) >= 11 is 0. The van der Waals surface area contributed by atoms with Crippen LogP contribution in [0.3, 0.4) is 0 Å². The highest BCUT2D eigenvalue weighted by molar-refractivity contribution is 5.91. The van der Waals surface area contributed by atoms with Crippen LogP contribution in [0.15, 0.2) is 0 Å². The Morgan fingerprint density at radius 1 is 1.67 bits per heavy atom. The zero-order chi connectivity index (χ0) is 11.4. The third-order valence-electron chi connectivity index (χ3n) is 2.42. The van der Waals surface area contributed by atoms with Gasteiger partial charge in [-0.2, -0.15) is 5.26 Å². The topological polar surface area (TPSA) is 82.0 Å². The van der Waals surface area contributed by atoms with Crippen molar-refractivity contribution in [2.45, 2.75) is 38.8 Å². The molecule has 5 nitrogen and oxygen atoms in total. The maximum Gasteiger partial charge on any atom is 0.243 e. The lowest BCUT2D eigenvalue weighted by Gasteiger charge is -2.17. The van der Waals surface area contributed by atoms with E-state index in [9.17, 15) is 9.59 Å². The maximum atomic E-state index is 11.6. The number of amides is 2. The number of hydrogen-bond donors (Lipinski definition) is 2. The SMILES string of the molecule is CC(C)C(C#N)NC(=O)C1CCC(=O)N1. The number of carbonyl (C=O) groups excluding carboxylic acids is 2. The van der Waals surface area contributed by atoms with E-state index in [0.717, 1.165) is 0 Å². The van der Waals surface area contributed by atoms with Gasteiger partial charge < -0.3 is 10.6 Å². The van der Waals surface area contributed by atoms with E-state index < -0.39 is 12.1 Å². The van der Waals surface area contributed by atoms with Crippen molar-refractivity contribution in [3.63, 3.8) is 0 Å². The molecule has 0 radical (unpaired) electrons. The van der Waals surface area contributed by atoms with Crippen LogP contribution in [0.5, 0.6) is 0 Å². The van der Waals surface area contributed by atoms with Crippen LogP contribution in [0.2, 0.25) is 0 Å². The second-order valence-corrected chi connectivity index (χ2v) is 4.02. The molecule has 1 rings (SSSR count). The van der Waals surface area contributed by atoms with Crippen molar-refractivity contribution in [3.8, 4) is 6.07 Å². The van der Waals surface area contributed by atoms with Gasteiger partial charge in [0.05, 0.1) is 6.07 Å². The minimum atomic E-state index is -0.491. The standard InChI is InChI=1S/C10H15N3O2/c1-6(2)8(5-11)13-10(15)7-3-4-9(14)12-7/h6-8H,3-4H2,1-2H3,(H,12,14)(H,13,15). The van der Waals surface area contributed by atoms with Gasteiger partial charge in [-0.1, -0.05) is 13.8 Å². The number of carbonyl (C=O) groups is 2. The molecule has 1 aliphatic heterocycles. The maximum absolute atomic E-state index is 11.6. The molecule has 2 atom stereocenters. The fourth-order valence-electron chi connectivity index (χ4n) is 1.41. The molecule has 0 aliphatic carbocycles. The van der Waals surface area contributed by atoms with Crippen molar-refractivity contribution in [1.82, 2.24) is 10.6 Å². The van der Waals surface area contributed by atoms with E-state index in [2.05, 4.69) is 10.6 Å². The van der Waals surface area contributed by atoms with E-state index in [1.807, 2.05) is 19.9 Å². The molecule has 0 aromatic carbocycles. The van der Waals surface area contributed by atoms with Crippen LogP contribution in [-0.4, -0.2) is 23.9 Å². The van der Waals surface area contributed by atoms with Crippen LogP contribution in [0.25, 0.3) is 0 Å². The summed E-state index contributed by atoms with van der Waals surface area (Å²) in [4.78, 5) is 22.5. The molecule has 1 aliphatic rings. The smallest absolute Gasteiger partial charge is 0.243 e. The molecular weight excluding hydrogens is 194 g/mol. The predicted octanol–water partition coefficient (Wildman–Crippen LogP) is -0.0706. The van der Waals surface area contributed by atoms with Crippen LogP contribution in [-0.2, 0) is 9.59 Å². The van der Waals surface area contributed by atoms with Crippen molar-refractivity contribution >= 4 is 11.8 Å². The first kappa shape index (κ1) is 11.5. The minimum Gasteiger partial charge on any atom is -0.344 e.